The van der Waals surface area contributed by atoms with Crippen LogP contribution in [-0.2, 0) is 30.3 Å². The van der Waals surface area contributed by atoms with Gasteiger partial charge in [0.25, 0.3) is 0 Å². The van der Waals surface area contributed by atoms with Gasteiger partial charge in [-0.3, -0.25) is 30.8 Å². The second-order valence-electron chi connectivity index (χ2n) is 8.40. The molecule has 12 nitrogen and oxygen atoms in total. The number of carbonyl (C=O) groups excluding carboxylic acids is 4. The van der Waals surface area contributed by atoms with Gasteiger partial charge in [-0.2, -0.15) is 0 Å². The van der Waals surface area contributed by atoms with Gasteiger partial charge in [0.05, 0.1) is 13.7 Å². The quantitative estimate of drug-likeness (QED) is 0.0444. The van der Waals surface area contributed by atoms with Gasteiger partial charge in [0.1, 0.15) is 30.5 Å². The van der Waals surface area contributed by atoms with Crippen molar-refractivity contribution in [3.8, 4) is 5.75 Å². The largest absolute Gasteiger partial charge is 0.490 e. The number of rotatable bonds is 17. The third kappa shape index (κ3) is 12.1. The topological polar surface area (TPSA) is 189 Å². The summed E-state index contributed by atoms with van der Waals surface area (Å²) in [5.74, 6) is -1.55. The Morgan fingerprint density at radius 2 is 1.61 bits per heavy atom. The highest BCUT2D eigenvalue weighted by molar-refractivity contribution is 5.93. The van der Waals surface area contributed by atoms with Crippen molar-refractivity contribution < 1.29 is 33.6 Å². The fraction of sp³-hybridized carbons (Fsp3) is 0.423. The lowest BCUT2D eigenvalue weighted by molar-refractivity contribution is -0.459. The van der Waals surface area contributed by atoms with Crippen molar-refractivity contribution >= 4 is 29.7 Å². The Kier molecular flexibility index (Phi) is 14.3. The summed E-state index contributed by atoms with van der Waals surface area (Å²) < 4.78 is 10.2. The summed E-state index contributed by atoms with van der Waals surface area (Å²) in [6, 6.07) is 4.10. The summed E-state index contributed by atoms with van der Waals surface area (Å²) in [4.78, 5) is 53.0. The van der Waals surface area contributed by atoms with Gasteiger partial charge in [-0.25, -0.2) is 4.79 Å². The highest BCUT2D eigenvalue weighted by Gasteiger charge is 2.29. The smallest absolute Gasteiger partial charge is 0.338 e. The van der Waals surface area contributed by atoms with Gasteiger partial charge in [-0.05, 0) is 37.0 Å². The molecule has 38 heavy (non-hydrogen) atoms. The molecule has 0 aliphatic rings. The Morgan fingerprint density at radius 3 is 2.16 bits per heavy atom. The fourth-order valence-corrected chi connectivity index (χ4v) is 3.44. The average Bonchev–Trinajstić information content (AvgIpc) is 2.88. The van der Waals surface area contributed by atoms with E-state index in [0.717, 1.165) is 5.56 Å². The van der Waals surface area contributed by atoms with Gasteiger partial charge in [-0.15, -0.1) is 6.58 Å². The lowest BCUT2D eigenvalue weighted by Gasteiger charge is -2.24. The minimum Gasteiger partial charge on any atom is -0.490 e. The summed E-state index contributed by atoms with van der Waals surface area (Å²) in [7, 11) is 1.21. The van der Waals surface area contributed by atoms with Crippen LogP contribution in [0, 0.1) is 0 Å². The van der Waals surface area contributed by atoms with Crippen LogP contribution in [0.3, 0.4) is 0 Å². The Morgan fingerprint density at radius 1 is 0.974 bits per heavy atom. The van der Waals surface area contributed by atoms with Gasteiger partial charge in [-0.1, -0.05) is 30.9 Å². The van der Waals surface area contributed by atoms with Crippen molar-refractivity contribution in [2.75, 3.05) is 20.3 Å². The molecule has 12 heteroatoms. The Labute approximate surface area is 222 Å². The lowest BCUT2D eigenvalue weighted by Crippen LogP contribution is -2.78. The number of amides is 3. The van der Waals surface area contributed by atoms with Crippen LogP contribution >= 0.6 is 0 Å². The van der Waals surface area contributed by atoms with Crippen LogP contribution in [0.15, 0.2) is 49.6 Å². The van der Waals surface area contributed by atoms with Crippen LogP contribution in [0.25, 0.3) is 0 Å². The van der Waals surface area contributed by atoms with E-state index in [1.807, 2.05) is 0 Å². The molecule has 0 saturated heterocycles. The number of hydrogen-bond acceptors (Lipinski definition) is 6. The molecule has 0 radical (unpaired) electrons. The molecule has 1 aromatic rings. The van der Waals surface area contributed by atoms with E-state index in [9.17, 15) is 19.2 Å². The molecule has 208 valence electrons. The van der Waals surface area contributed by atoms with Crippen LogP contribution in [0.1, 0.15) is 31.7 Å². The molecule has 0 aromatic heterocycles. The standard InChI is InChI=1S/C26H38N6O6/c1-5-8-21(25(36)37-4)32-23(34)20(9-7-14-29-26(27)28)31-24(35)22(30-17(3)33)16-18-10-12-19(13-11-18)38-15-6-2/h5-6,10-13,20-22H,1-2,7-9,14-16H2,3-4H3,(H,30,33)(H,31,35)(H,32,34)(H4,27,28,29)/p+1/t20-,21-,22+/m1/s1. The van der Waals surface area contributed by atoms with Crippen LogP contribution in [0.5, 0.6) is 5.75 Å². The predicted octanol–water partition coefficient (Wildman–Crippen LogP) is -1.85. The first-order valence-electron chi connectivity index (χ1n) is 12.1. The predicted molar refractivity (Wildman–Crippen MR) is 143 cm³/mol. The fourth-order valence-electron chi connectivity index (χ4n) is 3.44. The number of carbonyl (C=O) groups is 4. The normalized spacial score (nSPS) is 12.6. The minimum atomic E-state index is -1.02. The van der Waals surface area contributed by atoms with Crippen LogP contribution in [0.2, 0.25) is 0 Å². The van der Waals surface area contributed by atoms with Crippen molar-refractivity contribution in [3.05, 3.63) is 55.1 Å². The molecule has 0 fully saturated rings. The van der Waals surface area contributed by atoms with Crippen molar-refractivity contribution in [2.24, 2.45) is 11.5 Å². The Hall–Kier alpha value is -4.35. The Bertz CT molecular complexity index is 990. The van der Waals surface area contributed by atoms with Crippen molar-refractivity contribution in [2.45, 2.75) is 50.7 Å². The second-order valence-corrected chi connectivity index (χ2v) is 8.40. The molecule has 0 unspecified atom stereocenters. The monoisotopic (exact) mass is 531 g/mol. The van der Waals surface area contributed by atoms with Crippen LogP contribution in [0.4, 0.5) is 0 Å². The van der Waals surface area contributed by atoms with E-state index in [4.69, 9.17) is 20.9 Å². The molecule has 1 rings (SSSR count). The lowest BCUT2D eigenvalue weighted by atomic mass is 10.0. The second kappa shape index (κ2) is 17.2. The zero-order valence-electron chi connectivity index (χ0n) is 22.0. The molecule has 3 amide bonds. The summed E-state index contributed by atoms with van der Waals surface area (Å²) in [5, 5.41) is 7.92. The van der Waals surface area contributed by atoms with E-state index in [1.165, 1.54) is 20.1 Å². The van der Waals surface area contributed by atoms with Crippen molar-refractivity contribution in [1.82, 2.24) is 16.0 Å². The first kappa shape index (κ1) is 31.7. The zero-order chi connectivity index (χ0) is 28.5. The molecular formula is C26H39N6O6+. The number of nitrogens with one attached hydrogen (secondary N) is 4. The van der Waals surface area contributed by atoms with E-state index in [0.29, 0.717) is 25.3 Å². The number of methoxy groups -OCH3 is 1. The first-order valence-corrected chi connectivity index (χ1v) is 12.1. The molecule has 3 atom stereocenters. The van der Waals surface area contributed by atoms with Gasteiger partial charge >= 0.3 is 11.9 Å². The molecule has 8 N–H and O–H groups in total. The maximum absolute atomic E-state index is 13.2. The Balaban J connectivity index is 3.06. The number of ether oxygens (including phenoxy) is 2. The van der Waals surface area contributed by atoms with Crippen molar-refractivity contribution in [1.29, 1.82) is 0 Å². The molecule has 1 aromatic carbocycles. The number of benzene rings is 1. The van der Waals surface area contributed by atoms with E-state index in [1.54, 1.807) is 30.3 Å². The molecule has 0 heterocycles. The zero-order valence-corrected chi connectivity index (χ0v) is 22.0. The number of hydrogen-bond donors (Lipinski definition) is 6. The maximum Gasteiger partial charge on any atom is 0.338 e. The number of nitrogens with two attached hydrogens (primary N) is 2. The molecule has 0 aliphatic carbocycles. The van der Waals surface area contributed by atoms with Gasteiger partial charge in [0, 0.05) is 13.3 Å². The summed E-state index contributed by atoms with van der Waals surface area (Å²) in [6.07, 6.45) is 4.02. The molecule has 0 saturated carbocycles. The summed E-state index contributed by atoms with van der Waals surface area (Å²) in [6.45, 7) is 9.20. The summed E-state index contributed by atoms with van der Waals surface area (Å²) in [5.41, 5.74) is 11.6. The van der Waals surface area contributed by atoms with E-state index in [2.05, 4.69) is 34.1 Å². The first-order chi connectivity index (χ1) is 18.1. The molecule has 0 aliphatic heterocycles. The third-order valence-electron chi connectivity index (χ3n) is 5.26. The number of esters is 1. The average molecular weight is 532 g/mol. The maximum atomic E-state index is 13.2. The van der Waals surface area contributed by atoms with Gasteiger partial charge in [0.2, 0.25) is 17.7 Å². The third-order valence-corrected chi connectivity index (χ3v) is 5.26. The molecular weight excluding hydrogens is 492 g/mol. The molecule has 0 spiro atoms. The van der Waals surface area contributed by atoms with Gasteiger partial charge in [0.15, 0.2) is 0 Å². The van der Waals surface area contributed by atoms with Crippen molar-refractivity contribution in [3.63, 3.8) is 0 Å². The highest BCUT2D eigenvalue weighted by Crippen LogP contribution is 2.14. The summed E-state index contributed by atoms with van der Waals surface area (Å²) >= 11 is 0. The highest BCUT2D eigenvalue weighted by atomic mass is 16.5. The number of guanidine groups is 1. The van der Waals surface area contributed by atoms with E-state index >= 15 is 0 Å². The minimum absolute atomic E-state index is 0.0263. The van der Waals surface area contributed by atoms with Crippen LogP contribution < -0.4 is 37.1 Å². The van der Waals surface area contributed by atoms with Gasteiger partial charge < -0.3 is 25.4 Å². The van der Waals surface area contributed by atoms with Crippen LogP contribution in [-0.4, -0.2) is 68.0 Å². The molecule has 0 bridgehead atoms. The van der Waals surface area contributed by atoms with E-state index < -0.39 is 41.8 Å². The SMILES string of the molecule is C=CCOc1ccc(C[C@H](NC(C)=O)C(=O)N[C@H](CCC[NH+]=C(N)N)C(=O)N[C@H](CC=C)C(=O)OC)cc1. The van der Waals surface area contributed by atoms with E-state index in [-0.39, 0.29) is 25.2 Å².